The lowest BCUT2D eigenvalue weighted by Gasteiger charge is -2.08. The Hall–Kier alpha value is -2.30. The summed E-state index contributed by atoms with van der Waals surface area (Å²) in [6.45, 7) is 3.99. The second-order valence-corrected chi connectivity index (χ2v) is 4.15. The second kappa shape index (κ2) is 4.91. The van der Waals surface area contributed by atoms with Crippen LogP contribution < -0.4 is 11.1 Å². The number of anilines is 1. The molecular formula is C13H15N3O2. The lowest BCUT2D eigenvalue weighted by molar-refractivity contribution is 0.0951. The molecule has 0 saturated heterocycles. The Morgan fingerprint density at radius 1 is 1.44 bits per heavy atom. The van der Waals surface area contributed by atoms with Gasteiger partial charge in [-0.2, -0.15) is 0 Å². The molecule has 0 radical (unpaired) electrons. The zero-order chi connectivity index (χ0) is 13.1. The van der Waals surface area contributed by atoms with Gasteiger partial charge in [0.2, 0.25) is 0 Å². The van der Waals surface area contributed by atoms with Crippen LogP contribution in [0.1, 0.15) is 27.4 Å². The third-order valence-electron chi connectivity index (χ3n) is 2.68. The molecule has 0 unspecified atom stereocenters. The normalized spacial score (nSPS) is 10.3. The summed E-state index contributed by atoms with van der Waals surface area (Å²) in [5, 5.41) is 6.56. The summed E-state index contributed by atoms with van der Waals surface area (Å²) in [6, 6.07) is 7.15. The highest BCUT2D eigenvalue weighted by Crippen LogP contribution is 2.16. The number of nitrogens with one attached hydrogen (secondary N) is 1. The van der Waals surface area contributed by atoms with Crippen molar-refractivity contribution >= 4 is 11.6 Å². The van der Waals surface area contributed by atoms with Gasteiger partial charge in [0, 0.05) is 11.8 Å². The zero-order valence-electron chi connectivity index (χ0n) is 10.4. The van der Waals surface area contributed by atoms with Gasteiger partial charge in [0.1, 0.15) is 11.5 Å². The predicted molar refractivity (Wildman–Crippen MR) is 68.0 cm³/mol. The molecule has 1 heterocycles. The number of benzene rings is 1. The molecule has 0 atom stereocenters. The van der Waals surface area contributed by atoms with E-state index < -0.39 is 0 Å². The number of carbonyl (C=O) groups excluding carboxylic acids is 1. The lowest BCUT2D eigenvalue weighted by atomic mass is 10.1. The van der Waals surface area contributed by atoms with Crippen molar-refractivity contribution in [1.82, 2.24) is 10.5 Å². The van der Waals surface area contributed by atoms with Gasteiger partial charge in [-0.3, -0.25) is 4.79 Å². The molecule has 0 saturated carbocycles. The molecule has 5 heteroatoms. The molecule has 3 N–H and O–H groups in total. The van der Waals surface area contributed by atoms with E-state index in [1.54, 1.807) is 25.1 Å². The maximum absolute atomic E-state index is 11.9. The van der Waals surface area contributed by atoms with E-state index in [4.69, 9.17) is 10.3 Å². The van der Waals surface area contributed by atoms with Crippen LogP contribution in [0, 0.1) is 13.8 Å². The van der Waals surface area contributed by atoms with Gasteiger partial charge in [0.15, 0.2) is 0 Å². The third-order valence-corrected chi connectivity index (χ3v) is 2.68. The topological polar surface area (TPSA) is 81.2 Å². The van der Waals surface area contributed by atoms with E-state index in [2.05, 4.69) is 10.5 Å². The van der Waals surface area contributed by atoms with Crippen molar-refractivity contribution in [3.63, 3.8) is 0 Å². The molecule has 1 aromatic carbocycles. The molecule has 0 spiro atoms. The number of amides is 1. The smallest absolute Gasteiger partial charge is 0.253 e. The average molecular weight is 245 g/mol. The van der Waals surface area contributed by atoms with E-state index in [0.29, 0.717) is 29.2 Å². The van der Waals surface area contributed by atoms with Crippen molar-refractivity contribution in [2.45, 2.75) is 20.4 Å². The van der Waals surface area contributed by atoms with Gasteiger partial charge in [-0.15, -0.1) is 0 Å². The highest BCUT2D eigenvalue weighted by Gasteiger charge is 2.11. The van der Waals surface area contributed by atoms with Crippen LogP contribution in [0.3, 0.4) is 0 Å². The molecule has 0 aliphatic heterocycles. The number of rotatable bonds is 3. The van der Waals surface area contributed by atoms with Crippen LogP contribution in [0.4, 0.5) is 5.69 Å². The fourth-order valence-corrected chi connectivity index (χ4v) is 1.65. The number of hydrogen-bond donors (Lipinski definition) is 2. The van der Waals surface area contributed by atoms with Crippen LogP contribution in [0.5, 0.6) is 0 Å². The van der Waals surface area contributed by atoms with Gasteiger partial charge in [-0.25, -0.2) is 0 Å². The number of nitrogens with two attached hydrogens (primary N) is 1. The molecule has 0 aliphatic rings. The van der Waals surface area contributed by atoms with Crippen molar-refractivity contribution in [1.29, 1.82) is 0 Å². The Morgan fingerprint density at radius 3 is 2.89 bits per heavy atom. The van der Waals surface area contributed by atoms with Gasteiger partial charge in [0.05, 0.1) is 12.1 Å². The fourth-order valence-electron chi connectivity index (χ4n) is 1.65. The molecule has 0 fully saturated rings. The van der Waals surface area contributed by atoms with Gasteiger partial charge >= 0.3 is 0 Å². The summed E-state index contributed by atoms with van der Waals surface area (Å²) in [5.41, 5.74) is 8.43. The Balaban J connectivity index is 2.06. The van der Waals surface area contributed by atoms with Crippen molar-refractivity contribution in [2.24, 2.45) is 0 Å². The number of nitrogen functional groups attached to an aromatic ring is 1. The molecule has 94 valence electrons. The first-order chi connectivity index (χ1) is 8.58. The van der Waals surface area contributed by atoms with Crippen LogP contribution in [0.25, 0.3) is 0 Å². The Labute approximate surface area is 105 Å². The summed E-state index contributed by atoms with van der Waals surface area (Å²) in [5.74, 6) is 0.506. The number of carbonyl (C=O) groups is 1. The SMILES string of the molecule is Cc1cc(CNC(=O)c2cccc(C)c2N)no1. The van der Waals surface area contributed by atoms with Crippen molar-refractivity contribution < 1.29 is 9.32 Å². The van der Waals surface area contributed by atoms with Gasteiger partial charge in [-0.05, 0) is 25.5 Å². The summed E-state index contributed by atoms with van der Waals surface area (Å²) >= 11 is 0. The monoisotopic (exact) mass is 245 g/mol. The van der Waals surface area contributed by atoms with Crippen LogP contribution in [-0.2, 0) is 6.54 Å². The first kappa shape index (κ1) is 12.2. The van der Waals surface area contributed by atoms with E-state index >= 15 is 0 Å². The molecule has 2 rings (SSSR count). The van der Waals surface area contributed by atoms with Crippen molar-refractivity contribution in [3.8, 4) is 0 Å². The first-order valence-electron chi connectivity index (χ1n) is 5.63. The summed E-state index contributed by atoms with van der Waals surface area (Å²) in [4.78, 5) is 11.9. The number of hydrogen-bond acceptors (Lipinski definition) is 4. The molecule has 0 bridgehead atoms. The van der Waals surface area contributed by atoms with Crippen LogP contribution in [-0.4, -0.2) is 11.1 Å². The maximum Gasteiger partial charge on any atom is 0.253 e. The lowest BCUT2D eigenvalue weighted by Crippen LogP contribution is -2.24. The highest BCUT2D eigenvalue weighted by atomic mass is 16.5. The van der Waals surface area contributed by atoms with Gasteiger partial charge < -0.3 is 15.6 Å². The summed E-state index contributed by atoms with van der Waals surface area (Å²) in [6.07, 6.45) is 0. The minimum absolute atomic E-state index is 0.211. The third kappa shape index (κ3) is 2.51. The maximum atomic E-state index is 11.9. The largest absolute Gasteiger partial charge is 0.398 e. The highest BCUT2D eigenvalue weighted by molar-refractivity contribution is 5.99. The number of para-hydroxylation sites is 1. The number of aryl methyl sites for hydroxylation is 2. The van der Waals surface area contributed by atoms with Gasteiger partial charge in [0.25, 0.3) is 5.91 Å². The Bertz CT molecular complexity index is 575. The van der Waals surface area contributed by atoms with Crippen LogP contribution in [0.2, 0.25) is 0 Å². The van der Waals surface area contributed by atoms with Crippen molar-refractivity contribution in [2.75, 3.05) is 5.73 Å². The molecule has 18 heavy (non-hydrogen) atoms. The summed E-state index contributed by atoms with van der Waals surface area (Å²) < 4.78 is 4.92. The van der Waals surface area contributed by atoms with Gasteiger partial charge in [-0.1, -0.05) is 17.3 Å². The van der Waals surface area contributed by atoms with Crippen LogP contribution >= 0.6 is 0 Å². The minimum Gasteiger partial charge on any atom is -0.398 e. The van der Waals surface area contributed by atoms with E-state index in [9.17, 15) is 4.79 Å². The molecule has 5 nitrogen and oxygen atoms in total. The van der Waals surface area contributed by atoms with E-state index in [1.165, 1.54) is 0 Å². The van der Waals surface area contributed by atoms with E-state index in [-0.39, 0.29) is 5.91 Å². The molecule has 0 aliphatic carbocycles. The van der Waals surface area contributed by atoms with Crippen molar-refractivity contribution in [3.05, 3.63) is 46.8 Å². The zero-order valence-corrected chi connectivity index (χ0v) is 10.4. The Kier molecular flexibility index (Phi) is 3.32. The van der Waals surface area contributed by atoms with Crippen LogP contribution in [0.15, 0.2) is 28.8 Å². The van der Waals surface area contributed by atoms with E-state index in [0.717, 1.165) is 5.56 Å². The standard InChI is InChI=1S/C13H15N3O2/c1-8-4-3-5-11(12(8)14)13(17)15-7-10-6-9(2)18-16-10/h3-6H,7,14H2,1-2H3,(H,15,17). The molecule has 1 aromatic heterocycles. The number of aromatic nitrogens is 1. The average Bonchev–Trinajstić information content (AvgIpc) is 2.76. The first-order valence-corrected chi connectivity index (χ1v) is 5.63. The number of nitrogens with zero attached hydrogens (tertiary/aromatic N) is 1. The molecule has 1 amide bonds. The van der Waals surface area contributed by atoms with E-state index in [1.807, 2.05) is 13.0 Å². The minimum atomic E-state index is -0.211. The quantitative estimate of drug-likeness (QED) is 0.808. The molecule has 2 aromatic rings. The summed E-state index contributed by atoms with van der Waals surface area (Å²) in [7, 11) is 0. The fraction of sp³-hybridized carbons (Fsp3) is 0.231. The Morgan fingerprint density at radius 2 is 2.22 bits per heavy atom. The second-order valence-electron chi connectivity index (χ2n) is 4.15. The predicted octanol–water partition coefficient (Wildman–Crippen LogP) is 1.80. The molecular weight excluding hydrogens is 230 g/mol.